The Morgan fingerprint density at radius 3 is 2.62 bits per heavy atom. The van der Waals surface area contributed by atoms with Gasteiger partial charge in [-0.2, -0.15) is 0 Å². The molecule has 5 heteroatoms. The van der Waals surface area contributed by atoms with E-state index in [1.165, 1.54) is 24.1 Å². The van der Waals surface area contributed by atoms with Crippen LogP contribution in [0.1, 0.15) is 49.8 Å². The van der Waals surface area contributed by atoms with E-state index in [1.807, 2.05) is 18.2 Å². The van der Waals surface area contributed by atoms with E-state index in [0.29, 0.717) is 12.1 Å². The van der Waals surface area contributed by atoms with Gasteiger partial charge in [0, 0.05) is 17.0 Å². The fraction of sp³-hybridized carbons (Fsp3) is 0.500. The fourth-order valence-corrected chi connectivity index (χ4v) is 4.15. The predicted molar refractivity (Wildman–Crippen MR) is 87.6 cm³/mol. The standard InChI is InChI=1S/C16H21ClN2OS/c1-11-5-3-6-12(2)19(11)18-16(13-7-4-10-20-13)14-8-9-15(17)21-14/h4,7-12,16,18H,3,5-6H2,1-2H3. The molecule has 2 aromatic heterocycles. The van der Waals surface area contributed by atoms with Gasteiger partial charge in [-0.25, -0.2) is 10.4 Å². The minimum absolute atomic E-state index is 0.0282. The molecule has 21 heavy (non-hydrogen) atoms. The highest BCUT2D eigenvalue weighted by molar-refractivity contribution is 7.16. The summed E-state index contributed by atoms with van der Waals surface area (Å²) in [5, 5.41) is 2.38. The first-order valence-corrected chi connectivity index (χ1v) is 8.67. The highest BCUT2D eigenvalue weighted by atomic mass is 35.5. The number of rotatable bonds is 4. The number of hydrazine groups is 1. The van der Waals surface area contributed by atoms with Crippen molar-refractivity contribution in [2.75, 3.05) is 0 Å². The average molecular weight is 325 g/mol. The van der Waals surface area contributed by atoms with Crippen LogP contribution < -0.4 is 5.43 Å². The second-order valence-corrected chi connectivity index (χ2v) is 7.50. The summed E-state index contributed by atoms with van der Waals surface area (Å²) < 4.78 is 6.45. The molecule has 0 saturated carbocycles. The molecule has 0 aliphatic carbocycles. The zero-order valence-electron chi connectivity index (χ0n) is 12.4. The zero-order chi connectivity index (χ0) is 14.8. The summed E-state index contributed by atoms with van der Waals surface area (Å²) in [6.07, 6.45) is 5.49. The summed E-state index contributed by atoms with van der Waals surface area (Å²) in [7, 11) is 0. The highest BCUT2D eigenvalue weighted by Crippen LogP contribution is 2.33. The number of thiophene rings is 1. The Morgan fingerprint density at radius 2 is 2.05 bits per heavy atom. The Hall–Kier alpha value is -0.810. The summed E-state index contributed by atoms with van der Waals surface area (Å²) in [6, 6.07) is 9.06. The van der Waals surface area contributed by atoms with E-state index in [4.69, 9.17) is 16.0 Å². The Labute approximate surface area is 134 Å². The summed E-state index contributed by atoms with van der Waals surface area (Å²) in [5.74, 6) is 0.929. The van der Waals surface area contributed by atoms with Crippen molar-refractivity contribution in [2.45, 2.75) is 51.2 Å². The van der Waals surface area contributed by atoms with Gasteiger partial charge in [0.05, 0.1) is 10.6 Å². The van der Waals surface area contributed by atoms with Gasteiger partial charge in [0.25, 0.3) is 0 Å². The van der Waals surface area contributed by atoms with Gasteiger partial charge in [-0.3, -0.25) is 0 Å². The second kappa shape index (κ2) is 6.53. The Kier molecular flexibility index (Phi) is 4.69. The van der Waals surface area contributed by atoms with Crippen molar-refractivity contribution in [1.82, 2.24) is 10.4 Å². The van der Waals surface area contributed by atoms with Crippen molar-refractivity contribution in [3.8, 4) is 0 Å². The number of nitrogens with one attached hydrogen (secondary N) is 1. The molecule has 3 heterocycles. The monoisotopic (exact) mass is 324 g/mol. The van der Waals surface area contributed by atoms with Crippen molar-refractivity contribution in [3.63, 3.8) is 0 Å². The molecule has 1 aliphatic heterocycles. The molecule has 2 aromatic rings. The topological polar surface area (TPSA) is 28.4 Å². The summed E-state index contributed by atoms with van der Waals surface area (Å²) in [4.78, 5) is 1.18. The van der Waals surface area contributed by atoms with Gasteiger partial charge in [-0.05, 0) is 51.0 Å². The third-order valence-electron chi connectivity index (χ3n) is 4.18. The van der Waals surface area contributed by atoms with E-state index in [9.17, 15) is 0 Å². The Balaban J connectivity index is 1.86. The van der Waals surface area contributed by atoms with E-state index in [2.05, 4.69) is 30.3 Å². The molecule has 0 spiro atoms. The van der Waals surface area contributed by atoms with Gasteiger partial charge < -0.3 is 4.42 Å². The molecule has 1 aliphatic rings. The second-order valence-electron chi connectivity index (χ2n) is 5.76. The minimum Gasteiger partial charge on any atom is -0.467 e. The molecule has 0 aromatic carbocycles. The van der Waals surface area contributed by atoms with Crippen LogP contribution in [-0.2, 0) is 0 Å². The highest BCUT2D eigenvalue weighted by Gasteiger charge is 2.29. The van der Waals surface area contributed by atoms with Crippen LogP contribution in [0.25, 0.3) is 0 Å². The van der Waals surface area contributed by atoms with Crippen LogP contribution >= 0.6 is 22.9 Å². The number of halogens is 1. The van der Waals surface area contributed by atoms with Gasteiger partial charge >= 0.3 is 0 Å². The number of nitrogens with zero attached hydrogens (tertiary/aromatic N) is 1. The summed E-state index contributed by atoms with van der Waals surface area (Å²) >= 11 is 7.71. The number of hydrogen-bond donors (Lipinski definition) is 1. The van der Waals surface area contributed by atoms with Crippen LogP contribution in [0, 0.1) is 0 Å². The fourth-order valence-electron chi connectivity index (χ4n) is 3.03. The first-order valence-electron chi connectivity index (χ1n) is 7.48. The van der Waals surface area contributed by atoms with E-state index in [1.54, 1.807) is 17.6 Å². The summed E-state index contributed by atoms with van der Waals surface area (Å²) in [6.45, 7) is 4.56. The van der Waals surface area contributed by atoms with Crippen LogP contribution in [0.15, 0.2) is 34.9 Å². The first kappa shape index (κ1) is 15.1. The third-order valence-corrected chi connectivity index (χ3v) is 5.47. The van der Waals surface area contributed by atoms with E-state index in [-0.39, 0.29) is 6.04 Å². The molecule has 0 radical (unpaired) electrons. The molecular weight excluding hydrogens is 304 g/mol. The molecule has 3 rings (SSSR count). The van der Waals surface area contributed by atoms with E-state index in [0.717, 1.165) is 10.1 Å². The zero-order valence-corrected chi connectivity index (χ0v) is 14.0. The number of piperidine rings is 1. The molecule has 1 fully saturated rings. The van der Waals surface area contributed by atoms with Gasteiger partial charge in [0.1, 0.15) is 11.8 Å². The lowest BCUT2D eigenvalue weighted by molar-refractivity contribution is 0.0327. The quantitative estimate of drug-likeness (QED) is 0.871. The smallest absolute Gasteiger partial charge is 0.127 e. The van der Waals surface area contributed by atoms with Crippen molar-refractivity contribution < 1.29 is 4.42 Å². The Bertz CT molecular complexity index is 559. The number of furan rings is 1. The lowest BCUT2D eigenvalue weighted by atomic mass is 9.99. The maximum absolute atomic E-state index is 6.11. The molecule has 1 N–H and O–H groups in total. The maximum atomic E-state index is 6.11. The van der Waals surface area contributed by atoms with Crippen molar-refractivity contribution in [2.24, 2.45) is 0 Å². The maximum Gasteiger partial charge on any atom is 0.127 e. The molecule has 3 nitrogen and oxygen atoms in total. The predicted octanol–water partition coefficient (Wildman–Crippen LogP) is 4.85. The molecule has 0 amide bonds. The van der Waals surface area contributed by atoms with Crippen molar-refractivity contribution >= 4 is 22.9 Å². The summed E-state index contributed by atoms with van der Waals surface area (Å²) in [5.41, 5.74) is 3.68. The van der Waals surface area contributed by atoms with Crippen LogP contribution in [0.5, 0.6) is 0 Å². The lowest BCUT2D eigenvalue weighted by Gasteiger charge is -2.40. The van der Waals surface area contributed by atoms with Crippen LogP contribution in [0.3, 0.4) is 0 Å². The van der Waals surface area contributed by atoms with Gasteiger partial charge in [0.15, 0.2) is 0 Å². The number of hydrogen-bond acceptors (Lipinski definition) is 4. The van der Waals surface area contributed by atoms with Crippen molar-refractivity contribution in [1.29, 1.82) is 0 Å². The van der Waals surface area contributed by atoms with Crippen LogP contribution in [0.2, 0.25) is 4.34 Å². The first-order chi connectivity index (χ1) is 10.1. The lowest BCUT2D eigenvalue weighted by Crippen LogP contribution is -2.53. The van der Waals surface area contributed by atoms with Gasteiger partial charge in [-0.15, -0.1) is 11.3 Å². The molecule has 3 unspecified atom stereocenters. The van der Waals surface area contributed by atoms with E-state index >= 15 is 0 Å². The van der Waals surface area contributed by atoms with E-state index < -0.39 is 0 Å². The van der Waals surface area contributed by atoms with Gasteiger partial charge in [0.2, 0.25) is 0 Å². The normalized spacial score (nSPS) is 25.1. The minimum atomic E-state index is 0.0282. The molecule has 0 bridgehead atoms. The molecule has 114 valence electrons. The molecule has 1 saturated heterocycles. The molecular formula is C16H21ClN2OS. The largest absolute Gasteiger partial charge is 0.467 e. The SMILES string of the molecule is CC1CCCC(C)N1NC(c1ccco1)c1ccc(Cl)s1. The third kappa shape index (κ3) is 3.34. The molecule has 3 atom stereocenters. The van der Waals surface area contributed by atoms with Gasteiger partial charge in [-0.1, -0.05) is 18.0 Å². The Morgan fingerprint density at radius 1 is 1.29 bits per heavy atom. The van der Waals surface area contributed by atoms with Crippen LogP contribution in [-0.4, -0.2) is 17.1 Å². The van der Waals surface area contributed by atoms with Crippen molar-refractivity contribution in [3.05, 3.63) is 45.5 Å². The van der Waals surface area contributed by atoms with Crippen LogP contribution in [0.4, 0.5) is 0 Å². The average Bonchev–Trinajstić information content (AvgIpc) is 3.10.